The molecule has 5 aromatic rings. The number of pyridine rings is 1. The van der Waals surface area contributed by atoms with Crippen molar-refractivity contribution >= 4 is 27.9 Å². The summed E-state index contributed by atoms with van der Waals surface area (Å²) in [6, 6.07) is 12.3. The zero-order chi connectivity index (χ0) is 23.4. The molecule has 34 heavy (non-hydrogen) atoms. The molecule has 1 saturated heterocycles. The Kier molecular flexibility index (Phi) is 4.80. The van der Waals surface area contributed by atoms with Gasteiger partial charge in [-0.1, -0.05) is 12.1 Å². The minimum absolute atomic E-state index is 0.171. The Morgan fingerprint density at radius 3 is 2.62 bits per heavy atom. The number of para-hydroxylation sites is 2. The molecule has 0 amide bonds. The molecule has 1 aliphatic rings. The van der Waals surface area contributed by atoms with Crippen molar-refractivity contribution in [3.8, 4) is 17.3 Å². The first-order chi connectivity index (χ1) is 16.5. The number of anilines is 1. The second-order valence-electron chi connectivity index (χ2n) is 8.81. The molecule has 4 aromatic heterocycles. The van der Waals surface area contributed by atoms with Gasteiger partial charge in [0, 0.05) is 13.6 Å². The molecule has 1 fully saturated rings. The summed E-state index contributed by atoms with van der Waals surface area (Å²) >= 11 is 0. The number of hydrogen-bond acceptors (Lipinski definition) is 7. The maximum atomic E-state index is 5.71. The quantitative estimate of drug-likeness (QED) is 0.412. The van der Waals surface area contributed by atoms with Crippen molar-refractivity contribution in [1.82, 2.24) is 34.3 Å². The van der Waals surface area contributed by atoms with E-state index < -0.39 is 0 Å². The van der Waals surface area contributed by atoms with Crippen molar-refractivity contribution < 1.29 is 4.74 Å². The fourth-order valence-corrected chi connectivity index (χ4v) is 4.77. The number of rotatable bonds is 3. The van der Waals surface area contributed by atoms with E-state index in [0.717, 1.165) is 57.2 Å². The van der Waals surface area contributed by atoms with Gasteiger partial charge in [0.25, 0.3) is 0 Å². The monoisotopic (exact) mass is 454 g/mol. The first-order valence-corrected chi connectivity index (χ1v) is 11.5. The Morgan fingerprint density at radius 2 is 1.82 bits per heavy atom. The highest BCUT2D eigenvalue weighted by Crippen LogP contribution is 2.31. The van der Waals surface area contributed by atoms with Gasteiger partial charge in [0.1, 0.15) is 11.3 Å². The average Bonchev–Trinajstić information content (AvgIpc) is 3.36. The van der Waals surface area contributed by atoms with Crippen LogP contribution in [0, 0.1) is 13.8 Å². The highest BCUT2D eigenvalue weighted by Gasteiger charge is 2.26. The highest BCUT2D eigenvalue weighted by molar-refractivity contribution is 5.89. The van der Waals surface area contributed by atoms with Crippen molar-refractivity contribution in [2.24, 2.45) is 7.05 Å². The van der Waals surface area contributed by atoms with Gasteiger partial charge in [-0.2, -0.15) is 10.1 Å². The zero-order valence-electron chi connectivity index (χ0n) is 19.7. The number of aromatic nitrogens is 7. The van der Waals surface area contributed by atoms with Gasteiger partial charge in [-0.3, -0.25) is 9.25 Å². The van der Waals surface area contributed by atoms with Gasteiger partial charge < -0.3 is 9.64 Å². The predicted octanol–water partition coefficient (Wildman–Crippen LogP) is 3.61. The number of morpholine rings is 1. The second kappa shape index (κ2) is 7.88. The Morgan fingerprint density at radius 1 is 0.971 bits per heavy atom. The molecule has 1 atom stereocenters. The maximum Gasteiger partial charge on any atom is 0.238 e. The summed E-state index contributed by atoms with van der Waals surface area (Å²) < 4.78 is 9.58. The van der Waals surface area contributed by atoms with E-state index in [0.29, 0.717) is 19.2 Å². The van der Waals surface area contributed by atoms with Crippen LogP contribution in [-0.2, 0) is 11.8 Å². The minimum Gasteiger partial charge on any atom is -0.377 e. The molecule has 9 heteroatoms. The standard InChI is InChI=1S/C25H26N8O/c1-15-13-26-31(4)23(15)20-10-9-19-22(28-20)24(32-11-12-34-14-16(32)2)30-25(29-19)33-17(3)27-18-7-5-6-8-21(18)33/h5-10,13,16H,11-12,14H2,1-4H3/t16-/m1/s1. The van der Waals surface area contributed by atoms with Gasteiger partial charge in [-0.15, -0.1) is 0 Å². The van der Waals surface area contributed by atoms with Crippen LogP contribution in [0.1, 0.15) is 18.3 Å². The van der Waals surface area contributed by atoms with Crippen LogP contribution in [-0.4, -0.2) is 60.1 Å². The summed E-state index contributed by atoms with van der Waals surface area (Å²) in [5.41, 5.74) is 6.39. The third kappa shape index (κ3) is 3.23. The van der Waals surface area contributed by atoms with E-state index in [4.69, 9.17) is 24.7 Å². The molecular weight excluding hydrogens is 428 g/mol. The Labute approximate surface area is 197 Å². The smallest absolute Gasteiger partial charge is 0.238 e. The van der Waals surface area contributed by atoms with Crippen LogP contribution in [0.4, 0.5) is 5.82 Å². The molecule has 0 bridgehead atoms. The number of imidazole rings is 1. The molecule has 0 radical (unpaired) electrons. The van der Waals surface area contributed by atoms with Gasteiger partial charge in [0.15, 0.2) is 5.82 Å². The van der Waals surface area contributed by atoms with Crippen molar-refractivity contribution in [1.29, 1.82) is 0 Å². The molecule has 6 rings (SSSR count). The molecule has 1 aromatic carbocycles. The van der Waals surface area contributed by atoms with Crippen LogP contribution < -0.4 is 4.90 Å². The lowest BCUT2D eigenvalue weighted by molar-refractivity contribution is 0.0986. The number of benzene rings is 1. The largest absolute Gasteiger partial charge is 0.377 e. The highest BCUT2D eigenvalue weighted by atomic mass is 16.5. The van der Waals surface area contributed by atoms with E-state index in [-0.39, 0.29) is 6.04 Å². The summed E-state index contributed by atoms with van der Waals surface area (Å²) in [5, 5.41) is 4.39. The van der Waals surface area contributed by atoms with Crippen molar-refractivity contribution in [3.05, 3.63) is 54.0 Å². The van der Waals surface area contributed by atoms with E-state index in [1.54, 1.807) is 0 Å². The van der Waals surface area contributed by atoms with E-state index in [2.05, 4.69) is 16.9 Å². The fourth-order valence-electron chi connectivity index (χ4n) is 4.77. The third-order valence-electron chi connectivity index (χ3n) is 6.44. The Hall–Kier alpha value is -3.85. The number of fused-ring (bicyclic) bond motifs is 2. The molecule has 0 aliphatic carbocycles. The molecule has 9 nitrogen and oxygen atoms in total. The molecular formula is C25H26N8O. The molecule has 1 aliphatic heterocycles. The fraction of sp³-hybridized carbons (Fsp3) is 0.320. The SMILES string of the molecule is Cc1cnn(C)c1-c1ccc2nc(-n3c(C)nc4ccccc43)nc(N3CCOC[C@H]3C)c2n1. The van der Waals surface area contributed by atoms with Crippen molar-refractivity contribution in [2.45, 2.75) is 26.8 Å². The second-order valence-corrected chi connectivity index (χ2v) is 8.81. The molecule has 0 spiro atoms. The van der Waals surface area contributed by atoms with Gasteiger partial charge in [-0.05, 0) is 50.6 Å². The van der Waals surface area contributed by atoms with E-state index in [1.807, 2.05) is 72.7 Å². The van der Waals surface area contributed by atoms with Crippen LogP contribution in [0.5, 0.6) is 0 Å². The molecule has 5 heterocycles. The molecule has 0 unspecified atom stereocenters. The normalized spacial score (nSPS) is 16.6. The topological polar surface area (TPSA) is 86.8 Å². The summed E-state index contributed by atoms with van der Waals surface area (Å²) in [4.78, 5) is 22.1. The Balaban J connectivity index is 1.61. The number of hydrogen-bond donors (Lipinski definition) is 0. The van der Waals surface area contributed by atoms with Crippen LogP contribution in [0.3, 0.4) is 0 Å². The van der Waals surface area contributed by atoms with Crippen LogP contribution in [0.15, 0.2) is 42.6 Å². The first kappa shape index (κ1) is 20.7. The van der Waals surface area contributed by atoms with Gasteiger partial charge in [0.05, 0.1) is 53.4 Å². The molecule has 172 valence electrons. The Bertz CT molecular complexity index is 1520. The number of aryl methyl sites for hydroxylation is 3. The van der Waals surface area contributed by atoms with Gasteiger partial charge >= 0.3 is 0 Å². The third-order valence-corrected chi connectivity index (χ3v) is 6.44. The number of nitrogens with zero attached hydrogens (tertiary/aromatic N) is 8. The van der Waals surface area contributed by atoms with Gasteiger partial charge in [-0.25, -0.2) is 15.0 Å². The van der Waals surface area contributed by atoms with Crippen LogP contribution in [0.2, 0.25) is 0 Å². The van der Waals surface area contributed by atoms with E-state index in [9.17, 15) is 0 Å². The summed E-state index contributed by atoms with van der Waals surface area (Å²) in [6.07, 6.45) is 1.86. The van der Waals surface area contributed by atoms with Crippen LogP contribution >= 0.6 is 0 Å². The lowest BCUT2D eigenvalue weighted by Gasteiger charge is -2.34. The predicted molar refractivity (Wildman–Crippen MR) is 131 cm³/mol. The minimum atomic E-state index is 0.171. The van der Waals surface area contributed by atoms with Crippen molar-refractivity contribution in [2.75, 3.05) is 24.7 Å². The van der Waals surface area contributed by atoms with Gasteiger partial charge in [0.2, 0.25) is 5.95 Å². The van der Waals surface area contributed by atoms with E-state index in [1.165, 1.54) is 0 Å². The summed E-state index contributed by atoms with van der Waals surface area (Å²) in [6.45, 7) is 8.22. The summed E-state index contributed by atoms with van der Waals surface area (Å²) in [7, 11) is 1.94. The molecule has 0 N–H and O–H groups in total. The molecule has 0 saturated carbocycles. The number of ether oxygens (including phenoxy) is 1. The lowest BCUT2D eigenvalue weighted by Crippen LogP contribution is -2.44. The average molecular weight is 455 g/mol. The zero-order valence-corrected chi connectivity index (χ0v) is 19.7. The van der Waals surface area contributed by atoms with Crippen molar-refractivity contribution in [3.63, 3.8) is 0 Å². The lowest BCUT2D eigenvalue weighted by atomic mass is 10.1. The first-order valence-electron chi connectivity index (χ1n) is 11.5. The van der Waals surface area contributed by atoms with E-state index >= 15 is 0 Å². The van der Waals surface area contributed by atoms with Crippen LogP contribution in [0.25, 0.3) is 39.4 Å². The summed E-state index contributed by atoms with van der Waals surface area (Å²) in [5.74, 6) is 2.25. The maximum absolute atomic E-state index is 5.71.